The highest BCUT2D eigenvalue weighted by Gasteiger charge is 2.32. The first kappa shape index (κ1) is 44.3. The zero-order chi connectivity index (χ0) is 44.3. The fraction of sp³-hybridized carbons (Fsp3) is 0.426. The van der Waals surface area contributed by atoms with E-state index in [9.17, 15) is 23.3 Å². The minimum atomic E-state index is -4.53. The number of hydrogen-bond donors (Lipinski definition) is 4. The first-order valence-electron chi connectivity index (χ1n) is 21.9. The number of nitro groups is 1. The minimum absolute atomic E-state index is 0.156. The number of carbonyl (C=O) groups excluding carboxylic acids is 1. The number of allylic oxidation sites excluding steroid dienone is 4. The average Bonchev–Trinajstić information content (AvgIpc) is 3.47. The summed E-state index contributed by atoms with van der Waals surface area (Å²) in [6, 6.07) is 17.4. The average molecular weight is 898 g/mol. The van der Waals surface area contributed by atoms with Gasteiger partial charge in [0.15, 0.2) is 0 Å². The molecule has 0 unspecified atom stereocenters. The molecule has 0 spiro atoms. The van der Waals surface area contributed by atoms with Crippen LogP contribution >= 0.6 is 11.6 Å². The third kappa shape index (κ3) is 10.4. The molecule has 3 fully saturated rings. The number of piperazine rings is 1. The van der Waals surface area contributed by atoms with Crippen molar-refractivity contribution in [1.82, 2.24) is 14.9 Å². The Morgan fingerprint density at radius 3 is 2.51 bits per heavy atom. The van der Waals surface area contributed by atoms with Crippen LogP contribution < -0.4 is 30.9 Å². The number of nitro benzene ring substituents is 1. The van der Waals surface area contributed by atoms with Crippen LogP contribution in [0.5, 0.6) is 0 Å². The maximum absolute atomic E-state index is 14.3. The van der Waals surface area contributed by atoms with Crippen LogP contribution in [0.4, 0.5) is 22.7 Å². The number of halogens is 1. The summed E-state index contributed by atoms with van der Waals surface area (Å²) >= 11 is 6.26. The smallest absolute Gasteiger partial charge is 0.293 e. The summed E-state index contributed by atoms with van der Waals surface area (Å²) in [6.07, 6.45) is 12.0. The Kier molecular flexibility index (Phi) is 13.2. The van der Waals surface area contributed by atoms with Crippen LogP contribution in [0.1, 0.15) is 74.7 Å². The predicted octanol–water partition coefficient (Wildman–Crippen LogP) is 7.76. The number of anilines is 3. The molecular weight excluding hydrogens is 840 g/mol. The molecule has 4 heterocycles. The molecule has 0 aromatic heterocycles. The second-order valence-corrected chi connectivity index (χ2v) is 20.1. The molecule has 1 amide bonds. The lowest BCUT2D eigenvalue weighted by Gasteiger charge is -2.40. The SMILES string of the molecule is CC1(C)CCC(CN2CCN(c3ccc(C(=O)NS(=O)(=O)c4ccc(NCC5CCOCC5)c([N+](=O)[O-])c4)c(N4CCCC5=CNC(N)=CC=C54)c3)CC2)=C(c2ccc(Cl)cc2)C1. The van der Waals surface area contributed by atoms with E-state index in [0.29, 0.717) is 37.8 Å². The summed E-state index contributed by atoms with van der Waals surface area (Å²) in [5.74, 6) is -0.0836. The van der Waals surface area contributed by atoms with Gasteiger partial charge in [0.05, 0.1) is 21.1 Å². The van der Waals surface area contributed by atoms with Gasteiger partial charge in [0.2, 0.25) is 0 Å². The van der Waals surface area contributed by atoms with Crippen LogP contribution in [0.25, 0.3) is 5.57 Å². The third-order valence-corrected chi connectivity index (χ3v) is 14.5. The molecule has 14 nitrogen and oxygen atoms in total. The molecule has 334 valence electrons. The highest BCUT2D eigenvalue weighted by Crippen LogP contribution is 2.44. The van der Waals surface area contributed by atoms with E-state index >= 15 is 0 Å². The van der Waals surface area contributed by atoms with Crippen molar-refractivity contribution in [3.05, 3.63) is 128 Å². The largest absolute Gasteiger partial charge is 0.385 e. The number of piperidine rings is 1. The summed E-state index contributed by atoms with van der Waals surface area (Å²) in [4.78, 5) is 32.3. The van der Waals surface area contributed by atoms with Gasteiger partial charge in [-0.05, 0) is 128 Å². The topological polar surface area (TPSA) is 175 Å². The van der Waals surface area contributed by atoms with Gasteiger partial charge in [0, 0.05) is 87.7 Å². The normalized spacial score (nSPS) is 19.8. The zero-order valence-corrected chi connectivity index (χ0v) is 37.6. The molecule has 0 saturated carbocycles. The molecule has 4 aliphatic heterocycles. The van der Waals surface area contributed by atoms with Crippen LogP contribution in [0.3, 0.4) is 0 Å². The van der Waals surface area contributed by atoms with Crippen LogP contribution in [0.15, 0.2) is 107 Å². The maximum Gasteiger partial charge on any atom is 0.293 e. The van der Waals surface area contributed by atoms with Gasteiger partial charge in [-0.25, -0.2) is 13.1 Å². The highest BCUT2D eigenvalue weighted by molar-refractivity contribution is 7.90. The molecule has 0 radical (unpaired) electrons. The van der Waals surface area contributed by atoms with Crippen LogP contribution in [0.2, 0.25) is 5.02 Å². The number of amides is 1. The Bertz CT molecular complexity index is 2470. The fourth-order valence-electron chi connectivity index (χ4n) is 9.28. The van der Waals surface area contributed by atoms with Crippen molar-refractivity contribution < 1.29 is 22.9 Å². The lowest BCUT2D eigenvalue weighted by atomic mass is 9.72. The van der Waals surface area contributed by atoms with E-state index in [1.807, 2.05) is 41.4 Å². The highest BCUT2D eigenvalue weighted by atomic mass is 35.5. The number of nitrogens with zero attached hydrogens (tertiary/aromatic N) is 4. The van der Waals surface area contributed by atoms with Gasteiger partial charge in [0.25, 0.3) is 21.6 Å². The Morgan fingerprint density at radius 1 is 1.00 bits per heavy atom. The number of nitrogens with one attached hydrogen (secondary N) is 3. The van der Waals surface area contributed by atoms with Crippen LogP contribution in [0, 0.1) is 21.4 Å². The Balaban J connectivity index is 1.04. The number of carbonyl (C=O) groups is 1. The lowest BCUT2D eigenvalue weighted by molar-refractivity contribution is -0.384. The van der Waals surface area contributed by atoms with Gasteiger partial charge < -0.3 is 30.9 Å². The number of benzene rings is 3. The van der Waals surface area contributed by atoms with Crippen molar-refractivity contribution >= 4 is 55.9 Å². The Morgan fingerprint density at radius 2 is 1.76 bits per heavy atom. The van der Waals surface area contributed by atoms with Gasteiger partial charge in [-0.1, -0.05) is 43.2 Å². The number of nitrogens with two attached hydrogens (primary N) is 1. The summed E-state index contributed by atoms with van der Waals surface area (Å²) in [5.41, 5.74) is 13.8. The quantitative estimate of drug-likeness (QED) is 0.103. The minimum Gasteiger partial charge on any atom is -0.385 e. The summed E-state index contributed by atoms with van der Waals surface area (Å²) in [6.45, 7) is 11.2. The number of sulfonamides is 1. The second-order valence-electron chi connectivity index (χ2n) is 17.9. The molecule has 5 N–H and O–H groups in total. The van der Waals surface area contributed by atoms with E-state index < -0.39 is 26.5 Å². The number of rotatable bonds is 12. The second kappa shape index (κ2) is 18.8. The first-order chi connectivity index (χ1) is 30.2. The van der Waals surface area contributed by atoms with Crippen molar-refractivity contribution in [2.75, 3.05) is 74.1 Å². The van der Waals surface area contributed by atoms with E-state index in [-0.39, 0.29) is 27.5 Å². The molecule has 0 atom stereocenters. The van der Waals surface area contributed by atoms with Crippen LogP contribution in [-0.4, -0.2) is 83.2 Å². The molecule has 3 aromatic carbocycles. The standard InChI is InChI=1S/C47H57ClN8O6S/c1-47(2)18-15-35(40(28-47)33-5-7-36(48)8-6-33)31-53-20-22-54(23-21-53)37-9-11-39(43(26-37)55-19-3-4-34-30-51-45(49)14-13-42(34)55)46(57)52-63(60,61)38-10-12-41(44(27-38)56(58)59)50-29-32-16-24-62-25-17-32/h5-14,26-27,30,32,50-51H,3-4,15-25,28-29,31,49H2,1-2H3,(H,52,57). The van der Waals surface area contributed by atoms with E-state index in [4.69, 9.17) is 22.1 Å². The zero-order valence-electron chi connectivity index (χ0n) is 36.0. The van der Waals surface area contributed by atoms with Crippen molar-refractivity contribution in [2.24, 2.45) is 17.1 Å². The van der Waals surface area contributed by atoms with E-state index in [0.717, 1.165) is 106 Å². The molecule has 0 bridgehead atoms. The molecule has 1 aliphatic carbocycles. The molecule has 63 heavy (non-hydrogen) atoms. The Labute approximate surface area is 375 Å². The lowest BCUT2D eigenvalue weighted by Crippen LogP contribution is -2.47. The summed E-state index contributed by atoms with van der Waals surface area (Å²) in [7, 11) is -4.53. The van der Waals surface area contributed by atoms with E-state index in [1.165, 1.54) is 28.8 Å². The van der Waals surface area contributed by atoms with Crippen molar-refractivity contribution in [2.45, 2.75) is 63.7 Å². The van der Waals surface area contributed by atoms with Crippen molar-refractivity contribution in [1.29, 1.82) is 0 Å². The molecule has 3 aromatic rings. The third-order valence-electron chi connectivity index (χ3n) is 13.0. The predicted molar refractivity (Wildman–Crippen MR) is 249 cm³/mol. The fourth-order valence-corrected chi connectivity index (χ4v) is 10.4. The van der Waals surface area contributed by atoms with Crippen molar-refractivity contribution in [3.8, 4) is 0 Å². The molecular formula is C47H57ClN8O6S. The number of hydrogen-bond acceptors (Lipinski definition) is 12. The van der Waals surface area contributed by atoms with Crippen LogP contribution in [-0.2, 0) is 14.8 Å². The monoisotopic (exact) mass is 896 g/mol. The summed E-state index contributed by atoms with van der Waals surface area (Å²) in [5, 5.41) is 19.1. The summed E-state index contributed by atoms with van der Waals surface area (Å²) < 4.78 is 35.4. The molecule has 5 aliphatic rings. The van der Waals surface area contributed by atoms with Gasteiger partial charge >= 0.3 is 0 Å². The molecule has 16 heteroatoms. The van der Waals surface area contributed by atoms with Gasteiger partial charge in [-0.3, -0.25) is 19.8 Å². The van der Waals surface area contributed by atoms with Gasteiger partial charge in [0.1, 0.15) is 11.5 Å². The van der Waals surface area contributed by atoms with Crippen molar-refractivity contribution in [3.63, 3.8) is 0 Å². The number of ether oxygens (including phenoxy) is 1. The van der Waals surface area contributed by atoms with E-state index in [2.05, 4.69) is 51.1 Å². The Hall–Kier alpha value is -5.35. The first-order valence-corrected chi connectivity index (χ1v) is 23.8. The molecule has 3 saturated heterocycles. The van der Waals surface area contributed by atoms with Gasteiger partial charge in [-0.2, -0.15) is 0 Å². The van der Waals surface area contributed by atoms with Gasteiger partial charge in [-0.15, -0.1) is 0 Å². The van der Waals surface area contributed by atoms with E-state index in [1.54, 1.807) is 12.1 Å². The molecule has 8 rings (SSSR count). The maximum atomic E-state index is 14.3. The number of fused-ring (bicyclic) bond motifs is 1.